The summed E-state index contributed by atoms with van der Waals surface area (Å²) in [6.07, 6.45) is 3.64. The first-order valence-electron chi connectivity index (χ1n) is 7.28. The lowest BCUT2D eigenvalue weighted by atomic mass is 10.0. The number of benzene rings is 1. The molecule has 0 aromatic heterocycles. The maximum Gasteiger partial charge on any atom is 0.0426 e. The van der Waals surface area contributed by atoms with Crippen molar-refractivity contribution in [3.8, 4) is 0 Å². The average molecular weight is 281 g/mol. The second-order valence-corrected chi connectivity index (χ2v) is 6.58. The summed E-state index contributed by atoms with van der Waals surface area (Å²) in [5, 5.41) is 0.810. The molecule has 0 spiro atoms. The largest absolute Gasteiger partial charge is 0.369 e. The van der Waals surface area contributed by atoms with Crippen molar-refractivity contribution in [2.24, 2.45) is 11.7 Å². The van der Waals surface area contributed by atoms with Gasteiger partial charge in [0.1, 0.15) is 0 Å². The number of anilines is 1. The van der Waals surface area contributed by atoms with Gasteiger partial charge in [0.15, 0.2) is 0 Å². The Balaban J connectivity index is 2.29. The SMILES string of the molecule is CC(N)Cc1ccc(Cl)cc1N(CC1CC1)C(C)C. The van der Waals surface area contributed by atoms with Gasteiger partial charge in [0.05, 0.1) is 0 Å². The van der Waals surface area contributed by atoms with Gasteiger partial charge in [-0.15, -0.1) is 0 Å². The molecule has 1 atom stereocenters. The maximum absolute atomic E-state index is 6.20. The fourth-order valence-corrected chi connectivity index (χ4v) is 2.66. The lowest BCUT2D eigenvalue weighted by Gasteiger charge is -2.31. The van der Waals surface area contributed by atoms with Crippen LogP contribution in [0.15, 0.2) is 18.2 Å². The van der Waals surface area contributed by atoms with E-state index in [9.17, 15) is 0 Å². The Bertz CT molecular complexity index is 425. The van der Waals surface area contributed by atoms with Crippen LogP contribution >= 0.6 is 11.6 Å². The van der Waals surface area contributed by atoms with E-state index in [0.717, 1.165) is 23.9 Å². The number of halogens is 1. The minimum absolute atomic E-state index is 0.176. The van der Waals surface area contributed by atoms with Crippen molar-refractivity contribution in [1.82, 2.24) is 0 Å². The predicted molar refractivity (Wildman–Crippen MR) is 84.0 cm³/mol. The summed E-state index contributed by atoms with van der Waals surface area (Å²) in [5.41, 5.74) is 8.55. The zero-order chi connectivity index (χ0) is 14.0. The molecular formula is C16H25ClN2. The van der Waals surface area contributed by atoms with Crippen LogP contribution in [0.4, 0.5) is 5.69 Å². The fourth-order valence-electron chi connectivity index (χ4n) is 2.49. The molecule has 1 aliphatic rings. The van der Waals surface area contributed by atoms with Crippen LogP contribution in [0.1, 0.15) is 39.2 Å². The highest BCUT2D eigenvalue weighted by Crippen LogP contribution is 2.34. The standard InChI is InChI=1S/C16H25ClN2/c1-11(2)19(10-13-4-5-13)16-9-15(17)7-6-14(16)8-12(3)18/h6-7,9,11-13H,4-5,8,10,18H2,1-3H3. The number of nitrogens with two attached hydrogens (primary N) is 1. The quantitative estimate of drug-likeness (QED) is 0.857. The monoisotopic (exact) mass is 280 g/mol. The zero-order valence-electron chi connectivity index (χ0n) is 12.2. The van der Waals surface area contributed by atoms with Gasteiger partial charge < -0.3 is 10.6 Å². The van der Waals surface area contributed by atoms with E-state index >= 15 is 0 Å². The minimum atomic E-state index is 0.176. The van der Waals surface area contributed by atoms with Crippen LogP contribution in [0.2, 0.25) is 5.02 Å². The lowest BCUT2D eigenvalue weighted by molar-refractivity contribution is 0.637. The predicted octanol–water partition coefficient (Wildman–Crippen LogP) is 3.85. The lowest BCUT2D eigenvalue weighted by Crippen LogP contribution is -2.34. The molecule has 2 nitrogen and oxygen atoms in total. The van der Waals surface area contributed by atoms with Gasteiger partial charge in [0.2, 0.25) is 0 Å². The van der Waals surface area contributed by atoms with E-state index < -0.39 is 0 Å². The van der Waals surface area contributed by atoms with E-state index in [2.05, 4.69) is 37.8 Å². The van der Waals surface area contributed by atoms with E-state index in [1.54, 1.807) is 0 Å². The third-order valence-electron chi connectivity index (χ3n) is 3.67. The molecule has 1 aromatic rings. The van der Waals surface area contributed by atoms with Crippen LogP contribution in [-0.4, -0.2) is 18.6 Å². The molecular weight excluding hydrogens is 256 g/mol. The van der Waals surface area contributed by atoms with Gasteiger partial charge in [0, 0.05) is 29.3 Å². The first kappa shape index (κ1) is 14.7. The van der Waals surface area contributed by atoms with E-state index in [4.69, 9.17) is 17.3 Å². The van der Waals surface area contributed by atoms with Gasteiger partial charge in [0.25, 0.3) is 0 Å². The summed E-state index contributed by atoms with van der Waals surface area (Å²) in [7, 11) is 0. The Morgan fingerprint density at radius 2 is 2.00 bits per heavy atom. The Labute approximate surface area is 121 Å². The average Bonchev–Trinajstić information content (AvgIpc) is 3.11. The highest BCUT2D eigenvalue weighted by Gasteiger charge is 2.26. The van der Waals surface area contributed by atoms with Gasteiger partial charge in [-0.05, 0) is 63.6 Å². The van der Waals surface area contributed by atoms with Gasteiger partial charge >= 0.3 is 0 Å². The van der Waals surface area contributed by atoms with Gasteiger partial charge in [-0.1, -0.05) is 17.7 Å². The second-order valence-electron chi connectivity index (χ2n) is 6.14. The third-order valence-corrected chi connectivity index (χ3v) is 3.91. The smallest absolute Gasteiger partial charge is 0.0426 e. The van der Waals surface area contributed by atoms with Crippen molar-refractivity contribution in [2.75, 3.05) is 11.4 Å². The summed E-state index contributed by atoms with van der Waals surface area (Å²) in [5.74, 6) is 0.865. The first-order valence-corrected chi connectivity index (χ1v) is 7.65. The number of hydrogen-bond donors (Lipinski definition) is 1. The summed E-state index contributed by atoms with van der Waals surface area (Å²) < 4.78 is 0. The zero-order valence-corrected chi connectivity index (χ0v) is 13.0. The molecule has 1 unspecified atom stereocenters. The minimum Gasteiger partial charge on any atom is -0.369 e. The Morgan fingerprint density at radius 3 is 2.53 bits per heavy atom. The van der Waals surface area contributed by atoms with Gasteiger partial charge in [-0.3, -0.25) is 0 Å². The number of nitrogens with zero attached hydrogens (tertiary/aromatic N) is 1. The molecule has 1 aliphatic carbocycles. The second kappa shape index (κ2) is 6.15. The maximum atomic E-state index is 6.20. The molecule has 19 heavy (non-hydrogen) atoms. The van der Waals surface area contributed by atoms with Crippen molar-refractivity contribution in [2.45, 2.75) is 52.1 Å². The summed E-state index contributed by atoms with van der Waals surface area (Å²) in [4.78, 5) is 2.49. The summed E-state index contributed by atoms with van der Waals surface area (Å²) >= 11 is 6.20. The Hall–Kier alpha value is -0.730. The molecule has 106 valence electrons. The van der Waals surface area contributed by atoms with Crippen LogP contribution in [0.5, 0.6) is 0 Å². The molecule has 0 amide bonds. The number of rotatable bonds is 6. The molecule has 2 rings (SSSR count). The van der Waals surface area contributed by atoms with Crippen LogP contribution < -0.4 is 10.6 Å². The molecule has 0 radical (unpaired) electrons. The van der Waals surface area contributed by atoms with Crippen molar-refractivity contribution in [3.05, 3.63) is 28.8 Å². The molecule has 0 bridgehead atoms. The third kappa shape index (κ3) is 4.12. The molecule has 3 heteroatoms. The van der Waals surface area contributed by atoms with E-state index in [-0.39, 0.29) is 6.04 Å². The van der Waals surface area contributed by atoms with Crippen molar-refractivity contribution < 1.29 is 0 Å². The molecule has 1 fully saturated rings. The van der Waals surface area contributed by atoms with Crippen molar-refractivity contribution >= 4 is 17.3 Å². The highest BCUT2D eigenvalue weighted by atomic mass is 35.5. The van der Waals surface area contributed by atoms with Crippen LogP contribution in [0.25, 0.3) is 0 Å². The van der Waals surface area contributed by atoms with E-state index in [1.807, 2.05) is 6.07 Å². The fraction of sp³-hybridized carbons (Fsp3) is 0.625. The van der Waals surface area contributed by atoms with Crippen LogP contribution in [0, 0.1) is 5.92 Å². The summed E-state index contributed by atoms with van der Waals surface area (Å²) in [6.45, 7) is 7.70. The van der Waals surface area contributed by atoms with Crippen LogP contribution in [0.3, 0.4) is 0 Å². The van der Waals surface area contributed by atoms with Gasteiger partial charge in [-0.2, -0.15) is 0 Å². The Kier molecular flexibility index (Phi) is 4.75. The molecule has 2 N–H and O–H groups in total. The van der Waals surface area contributed by atoms with Crippen LogP contribution in [-0.2, 0) is 6.42 Å². The Morgan fingerprint density at radius 1 is 1.32 bits per heavy atom. The van der Waals surface area contributed by atoms with E-state index in [0.29, 0.717) is 6.04 Å². The molecule has 0 saturated heterocycles. The molecule has 0 aliphatic heterocycles. The number of hydrogen-bond acceptors (Lipinski definition) is 2. The topological polar surface area (TPSA) is 29.3 Å². The highest BCUT2D eigenvalue weighted by molar-refractivity contribution is 6.30. The van der Waals surface area contributed by atoms with Crippen molar-refractivity contribution in [3.63, 3.8) is 0 Å². The molecule has 0 heterocycles. The molecule has 1 aromatic carbocycles. The first-order chi connectivity index (χ1) is 8.97. The normalized spacial score (nSPS) is 16.7. The summed E-state index contributed by atoms with van der Waals surface area (Å²) in [6, 6.07) is 6.87. The van der Waals surface area contributed by atoms with Crippen molar-refractivity contribution in [1.29, 1.82) is 0 Å². The van der Waals surface area contributed by atoms with E-state index in [1.165, 1.54) is 24.1 Å². The molecule has 1 saturated carbocycles. The van der Waals surface area contributed by atoms with Gasteiger partial charge in [-0.25, -0.2) is 0 Å².